The summed E-state index contributed by atoms with van der Waals surface area (Å²) in [5.41, 5.74) is 2.13. The van der Waals surface area contributed by atoms with E-state index < -0.39 is 18.5 Å². The van der Waals surface area contributed by atoms with E-state index in [1.165, 1.54) is 11.3 Å². The zero-order chi connectivity index (χ0) is 21.8. The molecule has 8 nitrogen and oxygen atoms in total. The van der Waals surface area contributed by atoms with E-state index in [0.717, 1.165) is 4.88 Å². The van der Waals surface area contributed by atoms with Gasteiger partial charge in [0.15, 0.2) is 12.3 Å². The molecule has 3 heterocycles. The lowest BCUT2D eigenvalue weighted by atomic mass is 10.1. The van der Waals surface area contributed by atoms with Crippen LogP contribution in [0.2, 0.25) is 0 Å². The minimum Gasteiger partial charge on any atom is -0.497 e. The van der Waals surface area contributed by atoms with Gasteiger partial charge in [-0.1, -0.05) is 12.1 Å². The number of rotatable bonds is 7. The Labute approximate surface area is 182 Å². The molecule has 0 atom stereocenters. The van der Waals surface area contributed by atoms with E-state index in [1.807, 2.05) is 24.4 Å². The lowest BCUT2D eigenvalue weighted by Gasteiger charge is -2.09. The molecule has 1 N–H and O–H groups in total. The van der Waals surface area contributed by atoms with Crippen LogP contribution in [0.3, 0.4) is 0 Å². The number of hydrogen-bond acceptors (Lipinski definition) is 7. The predicted octanol–water partition coefficient (Wildman–Crippen LogP) is 3.98. The van der Waals surface area contributed by atoms with Crippen LogP contribution in [-0.4, -0.2) is 40.4 Å². The summed E-state index contributed by atoms with van der Waals surface area (Å²) in [6.45, 7) is 2.14. The number of methoxy groups -OCH3 is 1. The highest BCUT2D eigenvalue weighted by molar-refractivity contribution is 7.13. The van der Waals surface area contributed by atoms with E-state index in [4.69, 9.17) is 9.47 Å². The van der Waals surface area contributed by atoms with Gasteiger partial charge in [0, 0.05) is 18.3 Å². The van der Waals surface area contributed by atoms with E-state index in [9.17, 15) is 9.59 Å². The number of aryl methyl sites for hydroxylation is 1. The summed E-state index contributed by atoms with van der Waals surface area (Å²) in [4.78, 5) is 30.7. The minimum atomic E-state index is -0.610. The number of fused-ring (bicyclic) bond motifs is 1. The maximum absolute atomic E-state index is 12.9. The number of nitrogens with one attached hydrogen (secondary N) is 1. The van der Waals surface area contributed by atoms with Crippen molar-refractivity contribution in [1.82, 2.24) is 14.8 Å². The van der Waals surface area contributed by atoms with Crippen molar-refractivity contribution in [2.75, 3.05) is 19.0 Å². The fraction of sp³-hybridized carbons (Fsp3) is 0.182. The second-order valence-corrected chi connectivity index (χ2v) is 7.53. The molecule has 0 aliphatic rings. The molecule has 158 valence electrons. The van der Waals surface area contributed by atoms with Crippen molar-refractivity contribution in [3.8, 4) is 16.3 Å². The fourth-order valence-electron chi connectivity index (χ4n) is 3.11. The van der Waals surface area contributed by atoms with Crippen LogP contribution in [0, 0.1) is 0 Å². The Morgan fingerprint density at radius 3 is 2.81 bits per heavy atom. The van der Waals surface area contributed by atoms with Crippen LogP contribution in [0.5, 0.6) is 5.75 Å². The number of hydrogen-bond donors (Lipinski definition) is 1. The van der Waals surface area contributed by atoms with Crippen LogP contribution >= 0.6 is 11.3 Å². The van der Waals surface area contributed by atoms with Gasteiger partial charge >= 0.3 is 5.97 Å². The van der Waals surface area contributed by atoms with Crippen LogP contribution in [0.15, 0.2) is 54.0 Å². The molecule has 0 radical (unpaired) electrons. The molecular weight excluding hydrogens is 416 g/mol. The molecule has 31 heavy (non-hydrogen) atoms. The van der Waals surface area contributed by atoms with E-state index in [-0.39, 0.29) is 0 Å². The highest BCUT2D eigenvalue weighted by atomic mass is 32.1. The van der Waals surface area contributed by atoms with Crippen molar-refractivity contribution < 1.29 is 19.1 Å². The third kappa shape index (κ3) is 4.41. The van der Waals surface area contributed by atoms with E-state index in [2.05, 4.69) is 15.4 Å². The van der Waals surface area contributed by atoms with Crippen LogP contribution < -0.4 is 10.1 Å². The molecule has 4 rings (SSSR count). The minimum absolute atomic E-state index is 0.322. The second-order valence-electron chi connectivity index (χ2n) is 6.59. The summed E-state index contributed by atoms with van der Waals surface area (Å²) in [6, 6.07) is 12.5. The number of carbonyl (C=O) groups excluding carboxylic acids is 2. The van der Waals surface area contributed by atoms with Crippen molar-refractivity contribution in [3.05, 3.63) is 59.6 Å². The van der Waals surface area contributed by atoms with E-state index in [0.29, 0.717) is 40.3 Å². The molecule has 1 amide bonds. The molecule has 0 aliphatic heterocycles. The van der Waals surface area contributed by atoms with Gasteiger partial charge in [-0.05, 0) is 36.6 Å². The van der Waals surface area contributed by atoms with Gasteiger partial charge in [-0.2, -0.15) is 5.10 Å². The number of thiophene rings is 1. The molecule has 0 bridgehead atoms. The lowest BCUT2D eigenvalue weighted by molar-refractivity contribution is -0.119. The third-order valence-electron chi connectivity index (χ3n) is 4.59. The standard InChI is InChI=1S/C22H20N4O4S/c1-3-26-21-17(12-23-26)16(11-18(25-21)19-8-5-9-31-19)22(28)30-13-20(27)24-14-6-4-7-15(10-14)29-2/h4-12H,3,13H2,1-2H3,(H,24,27). The Kier molecular flexibility index (Phi) is 5.94. The molecule has 3 aromatic heterocycles. The average molecular weight is 436 g/mol. The van der Waals surface area contributed by atoms with Crippen molar-refractivity contribution in [1.29, 1.82) is 0 Å². The molecule has 0 aliphatic carbocycles. The Bertz CT molecular complexity index is 1230. The zero-order valence-electron chi connectivity index (χ0n) is 17.0. The summed E-state index contributed by atoms with van der Waals surface area (Å²) >= 11 is 1.52. The van der Waals surface area contributed by atoms with Gasteiger partial charge in [0.25, 0.3) is 5.91 Å². The van der Waals surface area contributed by atoms with Gasteiger partial charge in [0.05, 0.1) is 34.8 Å². The molecule has 0 unspecified atom stereocenters. The first-order valence-electron chi connectivity index (χ1n) is 9.60. The van der Waals surface area contributed by atoms with Gasteiger partial charge in [-0.25, -0.2) is 14.5 Å². The van der Waals surface area contributed by atoms with Gasteiger partial charge < -0.3 is 14.8 Å². The summed E-state index contributed by atoms with van der Waals surface area (Å²) in [5.74, 6) is -0.445. The Balaban J connectivity index is 1.54. The topological polar surface area (TPSA) is 95.3 Å². The number of pyridine rings is 1. The molecular formula is C22H20N4O4S. The third-order valence-corrected chi connectivity index (χ3v) is 5.48. The summed E-state index contributed by atoms with van der Waals surface area (Å²) in [6.07, 6.45) is 1.59. The molecule has 0 fully saturated rings. The molecule has 0 saturated carbocycles. The first-order valence-corrected chi connectivity index (χ1v) is 10.5. The number of amides is 1. The lowest BCUT2D eigenvalue weighted by Crippen LogP contribution is -2.21. The molecule has 4 aromatic rings. The molecule has 0 spiro atoms. The Morgan fingerprint density at radius 2 is 2.06 bits per heavy atom. The summed E-state index contributed by atoms with van der Waals surface area (Å²) < 4.78 is 12.2. The highest BCUT2D eigenvalue weighted by Crippen LogP contribution is 2.28. The SMILES string of the molecule is CCn1ncc2c(C(=O)OCC(=O)Nc3cccc(OC)c3)cc(-c3cccs3)nc21. The monoisotopic (exact) mass is 436 g/mol. The quantitative estimate of drug-likeness (QED) is 0.440. The van der Waals surface area contributed by atoms with E-state index >= 15 is 0 Å². The smallest absolute Gasteiger partial charge is 0.339 e. The number of nitrogens with zero attached hydrogens (tertiary/aromatic N) is 3. The first-order chi connectivity index (χ1) is 15.1. The molecule has 0 saturated heterocycles. The van der Waals surface area contributed by atoms with Crippen molar-refractivity contribution in [3.63, 3.8) is 0 Å². The van der Waals surface area contributed by atoms with Crippen LogP contribution in [-0.2, 0) is 16.1 Å². The van der Waals surface area contributed by atoms with Gasteiger partial charge in [-0.15, -0.1) is 11.3 Å². The van der Waals surface area contributed by atoms with Crippen molar-refractivity contribution in [2.45, 2.75) is 13.5 Å². The van der Waals surface area contributed by atoms with Gasteiger partial charge in [-0.3, -0.25) is 4.79 Å². The van der Waals surface area contributed by atoms with Crippen molar-refractivity contribution in [2.24, 2.45) is 0 Å². The van der Waals surface area contributed by atoms with Crippen LogP contribution in [0.1, 0.15) is 17.3 Å². The molecule has 1 aromatic carbocycles. The predicted molar refractivity (Wildman–Crippen MR) is 118 cm³/mol. The summed E-state index contributed by atoms with van der Waals surface area (Å²) in [7, 11) is 1.54. The largest absolute Gasteiger partial charge is 0.497 e. The maximum atomic E-state index is 12.9. The highest BCUT2D eigenvalue weighted by Gasteiger charge is 2.19. The number of aromatic nitrogens is 3. The first kappa shape index (κ1) is 20.5. The number of ether oxygens (including phenoxy) is 2. The normalized spacial score (nSPS) is 10.8. The zero-order valence-corrected chi connectivity index (χ0v) is 17.8. The second kappa shape index (κ2) is 8.97. The number of anilines is 1. The van der Waals surface area contributed by atoms with Gasteiger partial charge in [0.2, 0.25) is 0 Å². The van der Waals surface area contributed by atoms with Gasteiger partial charge in [0.1, 0.15) is 5.75 Å². The van der Waals surface area contributed by atoms with Crippen LogP contribution in [0.25, 0.3) is 21.6 Å². The number of esters is 1. The van der Waals surface area contributed by atoms with Crippen molar-refractivity contribution >= 4 is 39.9 Å². The number of benzene rings is 1. The Morgan fingerprint density at radius 1 is 1.19 bits per heavy atom. The average Bonchev–Trinajstić information content (AvgIpc) is 3.46. The number of carbonyl (C=O) groups is 2. The molecule has 9 heteroatoms. The Hall–Kier alpha value is -3.72. The van der Waals surface area contributed by atoms with Crippen LogP contribution in [0.4, 0.5) is 5.69 Å². The summed E-state index contributed by atoms with van der Waals surface area (Å²) in [5, 5.41) is 9.52. The maximum Gasteiger partial charge on any atom is 0.339 e. The fourth-order valence-corrected chi connectivity index (χ4v) is 3.79. The van der Waals surface area contributed by atoms with E-state index in [1.54, 1.807) is 48.3 Å².